The van der Waals surface area contributed by atoms with Crippen LogP contribution in [0.1, 0.15) is 10.5 Å². The average Bonchev–Trinajstić information content (AvgIpc) is 2.48. The zero-order valence-electron chi connectivity index (χ0n) is 6.43. The molecule has 0 aromatic carbocycles. The summed E-state index contributed by atoms with van der Waals surface area (Å²) in [4.78, 5) is 14.3. The summed E-state index contributed by atoms with van der Waals surface area (Å²) >= 11 is 0. The van der Waals surface area contributed by atoms with E-state index < -0.39 is 0 Å². The Labute approximate surface area is 68.0 Å². The number of aldehydes is 1. The van der Waals surface area contributed by atoms with Gasteiger partial charge in [-0.15, -0.1) is 5.10 Å². The minimum atomic E-state index is 0.334. The van der Waals surface area contributed by atoms with Crippen LogP contribution in [0.4, 0.5) is 0 Å². The van der Waals surface area contributed by atoms with Crippen molar-refractivity contribution in [3.8, 4) is 0 Å². The molecule has 0 spiro atoms. The van der Waals surface area contributed by atoms with E-state index in [0.717, 1.165) is 5.52 Å². The van der Waals surface area contributed by atoms with E-state index in [2.05, 4.69) is 15.3 Å². The van der Waals surface area contributed by atoms with Crippen LogP contribution >= 0.6 is 0 Å². The van der Waals surface area contributed by atoms with Crippen LogP contribution in [0, 0.1) is 0 Å². The third-order valence-electron chi connectivity index (χ3n) is 1.67. The molecular formula is C7H6N4O. The molecule has 0 N–H and O–H groups in total. The number of pyridine rings is 1. The Kier molecular flexibility index (Phi) is 1.36. The van der Waals surface area contributed by atoms with Gasteiger partial charge in [-0.2, -0.15) is 0 Å². The molecule has 2 aromatic rings. The van der Waals surface area contributed by atoms with Crippen molar-refractivity contribution in [2.24, 2.45) is 7.05 Å². The van der Waals surface area contributed by atoms with Gasteiger partial charge in [0.15, 0.2) is 6.29 Å². The standard InChI is InChI=1S/C7H6N4O/c1-11-6-2-3-8-5(4-12)7(6)9-10-11/h2-4H,1H3. The molecule has 0 amide bonds. The number of aromatic nitrogens is 4. The summed E-state index contributed by atoms with van der Waals surface area (Å²) in [6.45, 7) is 0. The smallest absolute Gasteiger partial charge is 0.170 e. The van der Waals surface area contributed by atoms with Gasteiger partial charge < -0.3 is 0 Å². The summed E-state index contributed by atoms with van der Waals surface area (Å²) in [5.74, 6) is 0. The molecule has 0 aliphatic rings. The summed E-state index contributed by atoms with van der Waals surface area (Å²) in [6.07, 6.45) is 2.24. The molecule has 0 saturated carbocycles. The van der Waals surface area contributed by atoms with Crippen LogP contribution in [0.3, 0.4) is 0 Å². The summed E-state index contributed by atoms with van der Waals surface area (Å²) in [5.41, 5.74) is 1.70. The lowest BCUT2D eigenvalue weighted by Crippen LogP contribution is -1.90. The molecule has 0 radical (unpaired) electrons. The third kappa shape index (κ3) is 0.795. The summed E-state index contributed by atoms with van der Waals surface area (Å²) in [5, 5.41) is 7.58. The van der Waals surface area contributed by atoms with Crippen LogP contribution in [0.25, 0.3) is 11.0 Å². The Bertz CT molecular complexity index is 434. The van der Waals surface area contributed by atoms with Crippen LogP contribution in [0.15, 0.2) is 12.3 Å². The second kappa shape index (κ2) is 2.37. The first-order chi connectivity index (χ1) is 5.83. The number of nitrogens with zero attached hydrogens (tertiary/aromatic N) is 4. The van der Waals surface area contributed by atoms with Gasteiger partial charge in [-0.25, -0.2) is 4.68 Å². The van der Waals surface area contributed by atoms with Gasteiger partial charge in [0, 0.05) is 13.2 Å². The maximum Gasteiger partial charge on any atom is 0.170 e. The van der Waals surface area contributed by atoms with E-state index in [0.29, 0.717) is 17.5 Å². The van der Waals surface area contributed by atoms with E-state index in [4.69, 9.17) is 0 Å². The van der Waals surface area contributed by atoms with Crippen molar-refractivity contribution in [3.05, 3.63) is 18.0 Å². The second-order valence-corrected chi connectivity index (χ2v) is 2.39. The van der Waals surface area contributed by atoms with Crippen molar-refractivity contribution in [1.29, 1.82) is 0 Å². The van der Waals surface area contributed by atoms with Gasteiger partial charge in [-0.3, -0.25) is 9.78 Å². The highest BCUT2D eigenvalue weighted by Crippen LogP contribution is 2.10. The summed E-state index contributed by atoms with van der Waals surface area (Å²) < 4.78 is 1.60. The van der Waals surface area contributed by atoms with Gasteiger partial charge in [-0.1, -0.05) is 5.21 Å². The number of aryl methyl sites for hydroxylation is 1. The molecule has 0 aliphatic carbocycles. The van der Waals surface area contributed by atoms with E-state index in [1.807, 2.05) is 0 Å². The fraction of sp³-hybridized carbons (Fsp3) is 0.143. The van der Waals surface area contributed by atoms with Crippen LogP contribution in [0.2, 0.25) is 0 Å². The lowest BCUT2D eigenvalue weighted by Gasteiger charge is -1.91. The largest absolute Gasteiger partial charge is 0.296 e. The minimum Gasteiger partial charge on any atom is -0.296 e. The van der Waals surface area contributed by atoms with Crippen molar-refractivity contribution in [2.45, 2.75) is 0 Å². The van der Waals surface area contributed by atoms with Gasteiger partial charge in [-0.05, 0) is 6.07 Å². The second-order valence-electron chi connectivity index (χ2n) is 2.39. The van der Waals surface area contributed by atoms with E-state index in [9.17, 15) is 4.79 Å². The van der Waals surface area contributed by atoms with Crippen molar-refractivity contribution in [1.82, 2.24) is 20.0 Å². The Morgan fingerprint density at radius 3 is 3.17 bits per heavy atom. The first kappa shape index (κ1) is 6.90. The molecule has 0 fully saturated rings. The molecular weight excluding hydrogens is 156 g/mol. The average molecular weight is 162 g/mol. The number of carbonyl (C=O) groups is 1. The first-order valence-corrected chi connectivity index (χ1v) is 3.42. The van der Waals surface area contributed by atoms with Crippen molar-refractivity contribution in [3.63, 3.8) is 0 Å². The lowest BCUT2D eigenvalue weighted by molar-refractivity contribution is 0.112. The predicted octanol–water partition coefficient (Wildman–Crippen LogP) is 0.176. The highest BCUT2D eigenvalue weighted by Gasteiger charge is 2.05. The monoisotopic (exact) mass is 162 g/mol. The zero-order valence-corrected chi connectivity index (χ0v) is 6.43. The Morgan fingerprint density at radius 2 is 2.42 bits per heavy atom. The Balaban J connectivity index is 2.89. The van der Waals surface area contributed by atoms with Crippen molar-refractivity contribution < 1.29 is 4.79 Å². The molecule has 0 saturated heterocycles. The number of rotatable bonds is 1. The normalized spacial score (nSPS) is 10.4. The third-order valence-corrected chi connectivity index (χ3v) is 1.67. The number of carbonyl (C=O) groups excluding carboxylic acids is 1. The molecule has 5 nitrogen and oxygen atoms in total. The summed E-state index contributed by atoms with van der Waals surface area (Å²) in [7, 11) is 1.77. The van der Waals surface area contributed by atoms with Gasteiger partial charge >= 0.3 is 0 Å². The topological polar surface area (TPSA) is 60.7 Å². The molecule has 0 bridgehead atoms. The van der Waals surface area contributed by atoms with Crippen LogP contribution in [-0.2, 0) is 7.05 Å². The van der Waals surface area contributed by atoms with Crippen molar-refractivity contribution >= 4 is 17.3 Å². The molecule has 5 heteroatoms. The zero-order chi connectivity index (χ0) is 8.55. The number of hydrogen-bond donors (Lipinski definition) is 0. The fourth-order valence-corrected chi connectivity index (χ4v) is 1.07. The van der Waals surface area contributed by atoms with E-state index in [-0.39, 0.29) is 0 Å². The maximum absolute atomic E-state index is 10.5. The fourth-order valence-electron chi connectivity index (χ4n) is 1.07. The Morgan fingerprint density at radius 1 is 1.58 bits per heavy atom. The molecule has 60 valence electrons. The Hall–Kier alpha value is -1.78. The molecule has 2 heterocycles. The van der Waals surface area contributed by atoms with Gasteiger partial charge in [0.25, 0.3) is 0 Å². The predicted molar refractivity (Wildman–Crippen MR) is 41.7 cm³/mol. The number of fused-ring (bicyclic) bond motifs is 1. The minimum absolute atomic E-state index is 0.334. The lowest BCUT2D eigenvalue weighted by atomic mass is 10.3. The van der Waals surface area contributed by atoms with Gasteiger partial charge in [0.2, 0.25) is 0 Å². The van der Waals surface area contributed by atoms with Gasteiger partial charge in [0.05, 0.1) is 5.52 Å². The number of hydrogen-bond acceptors (Lipinski definition) is 4. The van der Waals surface area contributed by atoms with E-state index in [1.165, 1.54) is 0 Å². The quantitative estimate of drug-likeness (QED) is 0.561. The van der Waals surface area contributed by atoms with E-state index in [1.54, 1.807) is 24.0 Å². The molecule has 2 aromatic heterocycles. The SMILES string of the molecule is Cn1nnc2c(C=O)nccc21. The van der Waals surface area contributed by atoms with Crippen LogP contribution < -0.4 is 0 Å². The highest BCUT2D eigenvalue weighted by atomic mass is 16.1. The molecule has 0 atom stereocenters. The first-order valence-electron chi connectivity index (χ1n) is 3.42. The molecule has 12 heavy (non-hydrogen) atoms. The maximum atomic E-state index is 10.5. The summed E-state index contributed by atoms with van der Waals surface area (Å²) in [6, 6.07) is 1.77. The van der Waals surface area contributed by atoms with E-state index >= 15 is 0 Å². The molecule has 0 aliphatic heterocycles. The van der Waals surface area contributed by atoms with Gasteiger partial charge in [0.1, 0.15) is 11.2 Å². The van der Waals surface area contributed by atoms with Crippen LogP contribution in [0.5, 0.6) is 0 Å². The van der Waals surface area contributed by atoms with Crippen LogP contribution in [-0.4, -0.2) is 26.3 Å². The highest BCUT2D eigenvalue weighted by molar-refractivity contribution is 5.91. The van der Waals surface area contributed by atoms with Crippen molar-refractivity contribution in [2.75, 3.05) is 0 Å². The molecule has 2 rings (SSSR count). The molecule has 0 unspecified atom stereocenters.